The van der Waals surface area contributed by atoms with Gasteiger partial charge < -0.3 is 10.5 Å². The maximum Gasteiger partial charge on any atom is 0.131 e. The zero-order valence-electron chi connectivity index (χ0n) is 9.66. The maximum atomic E-state index is 13.4. The summed E-state index contributed by atoms with van der Waals surface area (Å²) in [5.41, 5.74) is 6.04. The minimum absolute atomic E-state index is 0.115. The van der Waals surface area contributed by atoms with Crippen molar-refractivity contribution in [2.75, 3.05) is 6.54 Å². The first-order chi connectivity index (χ1) is 8.20. The Morgan fingerprint density at radius 2 is 2.12 bits per heavy atom. The molecule has 1 saturated carbocycles. The van der Waals surface area contributed by atoms with Crippen LogP contribution in [0.25, 0.3) is 0 Å². The number of benzene rings is 1. The summed E-state index contributed by atoms with van der Waals surface area (Å²) in [6, 6.07) is 3.56. The van der Waals surface area contributed by atoms with Crippen molar-refractivity contribution < 1.29 is 13.5 Å². The summed E-state index contributed by atoms with van der Waals surface area (Å²) in [7, 11) is 0. The molecular weight excluding hydrogens is 224 g/mol. The average molecular weight is 241 g/mol. The van der Waals surface area contributed by atoms with E-state index in [1.165, 1.54) is 12.1 Å². The summed E-state index contributed by atoms with van der Waals surface area (Å²) >= 11 is 0. The number of rotatable bonds is 4. The molecule has 0 amide bonds. The largest absolute Gasteiger partial charge is 0.373 e. The van der Waals surface area contributed by atoms with E-state index >= 15 is 0 Å². The van der Waals surface area contributed by atoms with Gasteiger partial charge in [0.15, 0.2) is 0 Å². The van der Waals surface area contributed by atoms with Gasteiger partial charge in [-0.3, -0.25) is 0 Å². The standard InChI is InChI=1S/C13H17F2NO/c14-11-5-4-10(12(15)6-11)8-17-13-3-1-2-9(13)7-16/h4-6,9,13H,1-3,7-8,16H2. The molecule has 0 bridgehead atoms. The Bertz CT molecular complexity index is 384. The van der Waals surface area contributed by atoms with Crippen LogP contribution >= 0.6 is 0 Å². The lowest BCUT2D eigenvalue weighted by Gasteiger charge is -2.18. The minimum atomic E-state index is -0.563. The van der Waals surface area contributed by atoms with Crippen LogP contribution in [-0.4, -0.2) is 12.6 Å². The monoisotopic (exact) mass is 241 g/mol. The molecule has 0 aromatic heterocycles. The first kappa shape index (κ1) is 12.5. The molecule has 4 heteroatoms. The van der Waals surface area contributed by atoms with Crippen LogP contribution in [0.1, 0.15) is 24.8 Å². The van der Waals surface area contributed by atoms with Crippen LogP contribution < -0.4 is 5.73 Å². The van der Waals surface area contributed by atoms with Crippen LogP contribution in [0.4, 0.5) is 8.78 Å². The van der Waals surface area contributed by atoms with Crippen molar-refractivity contribution in [3.63, 3.8) is 0 Å². The molecule has 0 aliphatic heterocycles. The molecule has 0 heterocycles. The van der Waals surface area contributed by atoms with Gasteiger partial charge in [-0.05, 0) is 31.4 Å². The van der Waals surface area contributed by atoms with Crippen molar-refractivity contribution in [2.45, 2.75) is 32.0 Å². The van der Waals surface area contributed by atoms with Gasteiger partial charge in [0.05, 0.1) is 12.7 Å². The van der Waals surface area contributed by atoms with Gasteiger partial charge in [0.1, 0.15) is 11.6 Å². The zero-order valence-corrected chi connectivity index (χ0v) is 9.66. The van der Waals surface area contributed by atoms with E-state index in [2.05, 4.69) is 0 Å². The summed E-state index contributed by atoms with van der Waals surface area (Å²) < 4.78 is 31.7. The van der Waals surface area contributed by atoms with Gasteiger partial charge in [-0.1, -0.05) is 12.5 Å². The quantitative estimate of drug-likeness (QED) is 0.879. The number of halogens is 2. The Kier molecular flexibility index (Phi) is 4.07. The average Bonchev–Trinajstić information content (AvgIpc) is 2.75. The number of nitrogens with two attached hydrogens (primary N) is 1. The summed E-state index contributed by atoms with van der Waals surface area (Å²) in [4.78, 5) is 0. The van der Waals surface area contributed by atoms with Crippen LogP contribution in [0, 0.1) is 17.6 Å². The Balaban J connectivity index is 1.93. The smallest absolute Gasteiger partial charge is 0.131 e. The highest BCUT2D eigenvalue weighted by molar-refractivity contribution is 5.17. The molecule has 2 atom stereocenters. The molecule has 2 nitrogen and oxygen atoms in total. The topological polar surface area (TPSA) is 35.2 Å². The summed E-state index contributed by atoms with van der Waals surface area (Å²) in [6.07, 6.45) is 3.28. The third-order valence-electron chi connectivity index (χ3n) is 3.36. The lowest BCUT2D eigenvalue weighted by Crippen LogP contribution is -2.25. The lowest BCUT2D eigenvalue weighted by atomic mass is 10.1. The molecule has 0 radical (unpaired) electrons. The number of ether oxygens (including phenoxy) is 1. The van der Waals surface area contributed by atoms with Gasteiger partial charge in [-0.2, -0.15) is 0 Å². The van der Waals surface area contributed by atoms with Gasteiger partial charge in [0.25, 0.3) is 0 Å². The van der Waals surface area contributed by atoms with Gasteiger partial charge >= 0.3 is 0 Å². The van der Waals surface area contributed by atoms with Crippen LogP contribution in [0.2, 0.25) is 0 Å². The normalized spacial score (nSPS) is 24.2. The molecule has 94 valence electrons. The first-order valence-electron chi connectivity index (χ1n) is 5.96. The van der Waals surface area contributed by atoms with E-state index in [-0.39, 0.29) is 12.7 Å². The van der Waals surface area contributed by atoms with Crippen molar-refractivity contribution in [2.24, 2.45) is 11.7 Å². The maximum absolute atomic E-state index is 13.4. The number of hydrogen-bond acceptors (Lipinski definition) is 2. The molecule has 2 rings (SSSR count). The van der Waals surface area contributed by atoms with E-state index in [0.29, 0.717) is 18.0 Å². The zero-order chi connectivity index (χ0) is 12.3. The van der Waals surface area contributed by atoms with Crippen LogP contribution in [0.15, 0.2) is 18.2 Å². The fourth-order valence-electron chi connectivity index (χ4n) is 2.33. The molecule has 0 saturated heterocycles. The highest BCUT2D eigenvalue weighted by Gasteiger charge is 2.26. The van der Waals surface area contributed by atoms with Crippen molar-refractivity contribution in [3.8, 4) is 0 Å². The van der Waals surface area contributed by atoms with Crippen LogP contribution in [0.5, 0.6) is 0 Å². The van der Waals surface area contributed by atoms with E-state index in [0.717, 1.165) is 25.3 Å². The second-order valence-electron chi connectivity index (χ2n) is 4.51. The highest BCUT2D eigenvalue weighted by atomic mass is 19.1. The van der Waals surface area contributed by atoms with Crippen molar-refractivity contribution >= 4 is 0 Å². The van der Waals surface area contributed by atoms with Crippen molar-refractivity contribution in [3.05, 3.63) is 35.4 Å². The lowest BCUT2D eigenvalue weighted by molar-refractivity contribution is 0.0169. The molecular formula is C13H17F2NO. The highest BCUT2D eigenvalue weighted by Crippen LogP contribution is 2.28. The van der Waals surface area contributed by atoms with Crippen LogP contribution in [0.3, 0.4) is 0 Å². The molecule has 0 spiro atoms. The van der Waals surface area contributed by atoms with Gasteiger partial charge in [0.2, 0.25) is 0 Å². The molecule has 1 aromatic carbocycles. The first-order valence-corrected chi connectivity index (χ1v) is 5.96. The van der Waals surface area contributed by atoms with E-state index in [1.54, 1.807) is 0 Å². The third-order valence-corrected chi connectivity index (χ3v) is 3.36. The molecule has 1 aromatic rings. The Morgan fingerprint density at radius 1 is 1.29 bits per heavy atom. The van der Waals surface area contributed by atoms with E-state index in [9.17, 15) is 8.78 Å². The molecule has 17 heavy (non-hydrogen) atoms. The Morgan fingerprint density at radius 3 is 2.82 bits per heavy atom. The molecule has 1 fully saturated rings. The van der Waals surface area contributed by atoms with E-state index < -0.39 is 11.6 Å². The fraction of sp³-hybridized carbons (Fsp3) is 0.538. The number of hydrogen-bond donors (Lipinski definition) is 1. The van der Waals surface area contributed by atoms with Crippen molar-refractivity contribution in [1.29, 1.82) is 0 Å². The molecule has 2 N–H and O–H groups in total. The Labute approximate surface area is 99.8 Å². The summed E-state index contributed by atoms with van der Waals surface area (Å²) in [6.45, 7) is 0.795. The summed E-state index contributed by atoms with van der Waals surface area (Å²) in [5.74, 6) is -0.738. The predicted molar refractivity (Wildman–Crippen MR) is 61.3 cm³/mol. The Hall–Kier alpha value is -1.00. The predicted octanol–water partition coefficient (Wildman–Crippen LogP) is 2.61. The SMILES string of the molecule is NCC1CCCC1OCc1ccc(F)cc1F. The molecule has 2 unspecified atom stereocenters. The van der Waals surface area contributed by atoms with E-state index in [4.69, 9.17) is 10.5 Å². The molecule has 1 aliphatic rings. The second kappa shape index (κ2) is 5.56. The van der Waals surface area contributed by atoms with Gasteiger partial charge in [-0.25, -0.2) is 8.78 Å². The van der Waals surface area contributed by atoms with Gasteiger partial charge in [-0.15, -0.1) is 0 Å². The van der Waals surface area contributed by atoms with E-state index in [1.807, 2.05) is 0 Å². The molecule has 1 aliphatic carbocycles. The minimum Gasteiger partial charge on any atom is -0.373 e. The third kappa shape index (κ3) is 3.01. The van der Waals surface area contributed by atoms with Crippen LogP contribution in [-0.2, 0) is 11.3 Å². The summed E-state index contributed by atoms with van der Waals surface area (Å²) in [5, 5.41) is 0. The second-order valence-corrected chi connectivity index (χ2v) is 4.51. The fourth-order valence-corrected chi connectivity index (χ4v) is 2.33. The van der Waals surface area contributed by atoms with Gasteiger partial charge in [0, 0.05) is 11.6 Å². The van der Waals surface area contributed by atoms with Crippen molar-refractivity contribution in [1.82, 2.24) is 0 Å².